The number of benzene rings is 3. The van der Waals surface area contributed by atoms with E-state index in [1.165, 1.54) is 0 Å². The van der Waals surface area contributed by atoms with Crippen molar-refractivity contribution in [3.05, 3.63) is 95.1 Å². The van der Waals surface area contributed by atoms with Crippen molar-refractivity contribution < 1.29 is 14.3 Å². The van der Waals surface area contributed by atoms with Gasteiger partial charge in [-0.1, -0.05) is 36.4 Å². The molecule has 0 atom stereocenters. The van der Waals surface area contributed by atoms with Gasteiger partial charge in [-0.2, -0.15) is 0 Å². The van der Waals surface area contributed by atoms with Crippen molar-refractivity contribution in [2.75, 3.05) is 12.4 Å². The average Bonchev–Trinajstić information content (AvgIpc) is 2.74. The van der Waals surface area contributed by atoms with E-state index in [2.05, 4.69) is 10.6 Å². The largest absolute Gasteiger partial charge is 0.497 e. The van der Waals surface area contributed by atoms with Gasteiger partial charge in [0.1, 0.15) is 5.75 Å². The Hall–Kier alpha value is -3.60. The third-order valence-corrected chi connectivity index (χ3v) is 4.39. The zero-order valence-electron chi connectivity index (χ0n) is 15.9. The van der Waals surface area contributed by atoms with Crippen molar-refractivity contribution in [3.8, 4) is 5.75 Å². The monoisotopic (exact) mass is 374 g/mol. The summed E-state index contributed by atoms with van der Waals surface area (Å²) in [5.41, 5.74) is 3.56. The summed E-state index contributed by atoms with van der Waals surface area (Å²) in [6.45, 7) is 2.32. The number of ether oxygens (including phenoxy) is 1. The van der Waals surface area contributed by atoms with Crippen LogP contribution in [0.1, 0.15) is 31.8 Å². The zero-order valence-corrected chi connectivity index (χ0v) is 15.9. The first kappa shape index (κ1) is 19.2. The lowest BCUT2D eigenvalue weighted by Crippen LogP contribution is -2.23. The van der Waals surface area contributed by atoms with Gasteiger partial charge in [-0.3, -0.25) is 9.59 Å². The molecule has 5 nitrogen and oxygen atoms in total. The maximum absolute atomic E-state index is 12.5. The molecule has 0 aliphatic heterocycles. The first-order valence-electron chi connectivity index (χ1n) is 8.95. The van der Waals surface area contributed by atoms with Gasteiger partial charge in [-0.15, -0.1) is 0 Å². The van der Waals surface area contributed by atoms with Crippen LogP contribution in [0, 0.1) is 6.92 Å². The van der Waals surface area contributed by atoms with Gasteiger partial charge in [0.15, 0.2) is 0 Å². The highest BCUT2D eigenvalue weighted by atomic mass is 16.5. The van der Waals surface area contributed by atoms with Crippen molar-refractivity contribution in [2.45, 2.75) is 13.5 Å². The number of para-hydroxylation sites is 1. The molecule has 0 aliphatic rings. The number of hydrogen-bond donors (Lipinski definition) is 2. The van der Waals surface area contributed by atoms with Gasteiger partial charge in [-0.05, 0) is 54.4 Å². The molecule has 0 fully saturated rings. The Bertz CT molecular complexity index is 981. The van der Waals surface area contributed by atoms with E-state index < -0.39 is 0 Å². The minimum absolute atomic E-state index is 0.235. The lowest BCUT2D eigenvalue weighted by molar-refractivity contribution is 0.0951. The Labute approximate surface area is 164 Å². The number of aryl methyl sites for hydroxylation is 1. The minimum Gasteiger partial charge on any atom is -0.497 e. The molecule has 28 heavy (non-hydrogen) atoms. The predicted molar refractivity (Wildman–Crippen MR) is 110 cm³/mol. The van der Waals surface area contributed by atoms with Gasteiger partial charge in [0, 0.05) is 23.4 Å². The number of hydrogen-bond acceptors (Lipinski definition) is 3. The van der Waals surface area contributed by atoms with Gasteiger partial charge in [0.25, 0.3) is 11.8 Å². The average molecular weight is 374 g/mol. The smallest absolute Gasteiger partial charge is 0.255 e. The van der Waals surface area contributed by atoms with Crippen LogP contribution in [0.25, 0.3) is 0 Å². The summed E-state index contributed by atoms with van der Waals surface area (Å²) in [5, 5.41) is 5.75. The summed E-state index contributed by atoms with van der Waals surface area (Å²) in [7, 11) is 1.61. The maximum Gasteiger partial charge on any atom is 0.255 e. The second-order valence-corrected chi connectivity index (χ2v) is 6.38. The number of carbonyl (C=O) groups is 2. The molecule has 0 spiro atoms. The highest BCUT2D eigenvalue weighted by Crippen LogP contribution is 2.16. The first-order valence-corrected chi connectivity index (χ1v) is 8.95. The van der Waals surface area contributed by atoms with Gasteiger partial charge in [0.05, 0.1) is 7.11 Å². The van der Waals surface area contributed by atoms with Crippen LogP contribution in [-0.4, -0.2) is 18.9 Å². The number of nitrogens with one attached hydrogen (secondary N) is 2. The Kier molecular flexibility index (Phi) is 6.07. The molecular weight excluding hydrogens is 352 g/mol. The molecule has 0 heterocycles. The summed E-state index contributed by atoms with van der Waals surface area (Å²) in [4.78, 5) is 25.0. The molecule has 3 rings (SSSR count). The normalized spacial score (nSPS) is 10.2. The van der Waals surface area contributed by atoms with Crippen molar-refractivity contribution in [2.24, 2.45) is 0 Å². The number of rotatable bonds is 6. The summed E-state index contributed by atoms with van der Waals surface area (Å²) >= 11 is 0. The molecule has 0 bridgehead atoms. The summed E-state index contributed by atoms with van der Waals surface area (Å²) in [6, 6.07) is 21.7. The lowest BCUT2D eigenvalue weighted by atomic mass is 10.1. The van der Waals surface area contributed by atoms with Gasteiger partial charge in [0.2, 0.25) is 0 Å². The SMILES string of the molecule is COc1ccc(CNC(=O)c2cccc(C(=O)Nc3ccccc3C)c2)cc1. The van der Waals surface area contributed by atoms with Crippen molar-refractivity contribution in [1.82, 2.24) is 5.32 Å². The van der Waals surface area contributed by atoms with Crippen LogP contribution in [0.5, 0.6) is 5.75 Å². The first-order chi connectivity index (χ1) is 13.6. The molecule has 0 aliphatic carbocycles. The van der Waals surface area contributed by atoms with Crippen LogP contribution >= 0.6 is 0 Å². The summed E-state index contributed by atoms with van der Waals surface area (Å²) in [6.07, 6.45) is 0. The van der Waals surface area contributed by atoms with Crippen LogP contribution in [-0.2, 0) is 6.54 Å². The fourth-order valence-electron chi connectivity index (χ4n) is 2.74. The highest BCUT2D eigenvalue weighted by Gasteiger charge is 2.11. The Morgan fingerprint density at radius 1 is 0.857 bits per heavy atom. The van der Waals surface area contributed by atoms with E-state index in [1.54, 1.807) is 31.4 Å². The molecule has 0 saturated heterocycles. The molecule has 3 aromatic rings. The van der Waals surface area contributed by atoms with Crippen LogP contribution in [0.4, 0.5) is 5.69 Å². The van der Waals surface area contributed by atoms with E-state index in [9.17, 15) is 9.59 Å². The fraction of sp³-hybridized carbons (Fsp3) is 0.130. The fourth-order valence-corrected chi connectivity index (χ4v) is 2.74. The third kappa shape index (κ3) is 4.76. The topological polar surface area (TPSA) is 67.4 Å². The van der Waals surface area contributed by atoms with Crippen LogP contribution in [0.15, 0.2) is 72.8 Å². The number of carbonyl (C=O) groups excluding carboxylic acids is 2. The number of amides is 2. The van der Waals surface area contributed by atoms with E-state index in [0.29, 0.717) is 17.7 Å². The van der Waals surface area contributed by atoms with Crippen molar-refractivity contribution >= 4 is 17.5 Å². The van der Waals surface area contributed by atoms with Crippen LogP contribution < -0.4 is 15.4 Å². The molecule has 0 unspecified atom stereocenters. The van der Waals surface area contributed by atoms with Crippen molar-refractivity contribution in [1.29, 1.82) is 0 Å². The van der Waals surface area contributed by atoms with E-state index in [1.807, 2.05) is 55.5 Å². The molecule has 2 amide bonds. The van der Waals surface area contributed by atoms with Gasteiger partial charge >= 0.3 is 0 Å². The van der Waals surface area contributed by atoms with E-state index in [0.717, 1.165) is 22.6 Å². The molecule has 2 N–H and O–H groups in total. The van der Waals surface area contributed by atoms with Gasteiger partial charge < -0.3 is 15.4 Å². The molecule has 0 radical (unpaired) electrons. The molecule has 0 aromatic heterocycles. The van der Waals surface area contributed by atoms with E-state index >= 15 is 0 Å². The highest BCUT2D eigenvalue weighted by molar-refractivity contribution is 6.06. The van der Waals surface area contributed by atoms with E-state index in [4.69, 9.17) is 4.74 Å². The predicted octanol–water partition coefficient (Wildman–Crippen LogP) is 4.19. The van der Waals surface area contributed by atoms with E-state index in [-0.39, 0.29) is 11.8 Å². The molecule has 0 saturated carbocycles. The zero-order chi connectivity index (χ0) is 19.9. The number of anilines is 1. The maximum atomic E-state index is 12.5. The molecular formula is C23H22N2O3. The molecule has 5 heteroatoms. The van der Waals surface area contributed by atoms with Crippen LogP contribution in [0.2, 0.25) is 0 Å². The van der Waals surface area contributed by atoms with Crippen molar-refractivity contribution in [3.63, 3.8) is 0 Å². The quantitative estimate of drug-likeness (QED) is 0.680. The Morgan fingerprint density at radius 3 is 2.21 bits per heavy atom. The lowest BCUT2D eigenvalue weighted by Gasteiger charge is -2.10. The molecule has 142 valence electrons. The second kappa shape index (κ2) is 8.86. The Balaban J connectivity index is 1.65. The summed E-state index contributed by atoms with van der Waals surface area (Å²) < 4.78 is 5.12. The second-order valence-electron chi connectivity index (χ2n) is 6.38. The van der Waals surface area contributed by atoms with Gasteiger partial charge in [-0.25, -0.2) is 0 Å². The molecule has 3 aromatic carbocycles. The third-order valence-electron chi connectivity index (χ3n) is 4.39. The summed E-state index contributed by atoms with van der Waals surface area (Å²) in [5.74, 6) is 0.280. The standard InChI is InChI=1S/C23H22N2O3/c1-16-6-3-4-9-21(16)25-23(27)19-8-5-7-18(14-19)22(26)24-15-17-10-12-20(28-2)13-11-17/h3-14H,15H2,1-2H3,(H,24,26)(H,25,27). The Morgan fingerprint density at radius 2 is 1.54 bits per heavy atom. The van der Waals surface area contributed by atoms with Crippen LogP contribution in [0.3, 0.4) is 0 Å². The number of methoxy groups -OCH3 is 1. The minimum atomic E-state index is -0.251.